The summed E-state index contributed by atoms with van der Waals surface area (Å²) in [6, 6.07) is 3.52. The molecule has 0 saturated heterocycles. The monoisotopic (exact) mass is 200 g/mol. The molecule has 4 heteroatoms. The van der Waals surface area contributed by atoms with Crippen molar-refractivity contribution in [2.75, 3.05) is 0 Å². The lowest BCUT2D eigenvalue weighted by Gasteiger charge is -2.03. The first-order chi connectivity index (χ1) is 7.27. The molecule has 74 valence electrons. The standard InChI is InChI=1S/C11H8N2O2/c14-10-2-4-13-9(10)5-7-1-3-12-6-8(7)11(13)15/h1,3,5-6H,2,4H2. The molecule has 2 aromatic heterocycles. The molecule has 4 nitrogen and oxygen atoms in total. The summed E-state index contributed by atoms with van der Waals surface area (Å²) in [5.41, 5.74) is 0.417. The number of hydrogen-bond donors (Lipinski definition) is 0. The normalized spacial score (nSPS) is 14.5. The molecule has 3 heterocycles. The van der Waals surface area contributed by atoms with Crippen LogP contribution in [0.4, 0.5) is 0 Å². The third-order valence-corrected chi connectivity index (χ3v) is 2.76. The molecule has 0 aliphatic carbocycles. The van der Waals surface area contributed by atoms with E-state index in [2.05, 4.69) is 4.98 Å². The highest BCUT2D eigenvalue weighted by atomic mass is 16.1. The third-order valence-electron chi connectivity index (χ3n) is 2.76. The van der Waals surface area contributed by atoms with Crippen LogP contribution in [0.1, 0.15) is 16.9 Å². The third kappa shape index (κ3) is 1.05. The van der Waals surface area contributed by atoms with Crippen LogP contribution >= 0.6 is 0 Å². The first kappa shape index (κ1) is 8.35. The summed E-state index contributed by atoms with van der Waals surface area (Å²) in [4.78, 5) is 27.3. The van der Waals surface area contributed by atoms with Gasteiger partial charge in [-0.15, -0.1) is 0 Å². The average Bonchev–Trinajstić information content (AvgIpc) is 2.62. The maximum atomic E-state index is 11.9. The second-order valence-electron chi connectivity index (χ2n) is 3.62. The van der Waals surface area contributed by atoms with Crippen molar-refractivity contribution in [2.45, 2.75) is 13.0 Å². The predicted octanol–water partition coefficient (Wildman–Crippen LogP) is 0.983. The van der Waals surface area contributed by atoms with Crippen LogP contribution in [-0.4, -0.2) is 15.3 Å². The van der Waals surface area contributed by atoms with Gasteiger partial charge < -0.3 is 4.57 Å². The SMILES string of the molecule is O=C1CCn2c1cc1ccncc1c2=O. The van der Waals surface area contributed by atoms with E-state index >= 15 is 0 Å². The van der Waals surface area contributed by atoms with E-state index in [9.17, 15) is 9.59 Å². The molecule has 0 amide bonds. The zero-order chi connectivity index (χ0) is 10.4. The van der Waals surface area contributed by atoms with Gasteiger partial charge in [0.25, 0.3) is 5.56 Å². The minimum atomic E-state index is -0.110. The average molecular weight is 200 g/mol. The van der Waals surface area contributed by atoms with Crippen molar-refractivity contribution in [3.63, 3.8) is 0 Å². The molecule has 3 rings (SSSR count). The molecule has 1 aliphatic heterocycles. The Morgan fingerprint density at radius 3 is 3.07 bits per heavy atom. The molecule has 0 unspecified atom stereocenters. The molecule has 0 bridgehead atoms. The van der Waals surface area contributed by atoms with Crippen molar-refractivity contribution >= 4 is 16.6 Å². The molecular weight excluding hydrogens is 192 g/mol. The number of fused-ring (bicyclic) bond motifs is 2. The van der Waals surface area contributed by atoms with Crippen molar-refractivity contribution in [1.29, 1.82) is 0 Å². The highest BCUT2D eigenvalue weighted by molar-refractivity contribution is 5.99. The number of Topliss-reactive ketones (excluding diaryl/α,β-unsaturated/α-hetero) is 1. The maximum Gasteiger partial charge on any atom is 0.260 e. The highest BCUT2D eigenvalue weighted by Gasteiger charge is 2.21. The molecule has 0 fully saturated rings. The zero-order valence-corrected chi connectivity index (χ0v) is 7.93. The fourth-order valence-electron chi connectivity index (χ4n) is 1.98. The van der Waals surface area contributed by atoms with Crippen LogP contribution in [0.15, 0.2) is 29.3 Å². The summed E-state index contributed by atoms with van der Waals surface area (Å²) in [7, 11) is 0. The number of carbonyl (C=O) groups excluding carboxylic acids is 1. The number of ketones is 1. The minimum absolute atomic E-state index is 0.0470. The van der Waals surface area contributed by atoms with Crippen molar-refractivity contribution in [2.24, 2.45) is 0 Å². The lowest BCUT2D eigenvalue weighted by atomic mass is 10.1. The first-order valence-electron chi connectivity index (χ1n) is 4.78. The van der Waals surface area contributed by atoms with Crippen LogP contribution in [-0.2, 0) is 6.54 Å². The predicted molar refractivity (Wildman–Crippen MR) is 55.0 cm³/mol. The largest absolute Gasteiger partial charge is 0.304 e. The van der Waals surface area contributed by atoms with E-state index in [-0.39, 0.29) is 11.3 Å². The van der Waals surface area contributed by atoms with Gasteiger partial charge >= 0.3 is 0 Å². The van der Waals surface area contributed by atoms with Gasteiger partial charge in [-0.3, -0.25) is 14.6 Å². The molecule has 15 heavy (non-hydrogen) atoms. The van der Waals surface area contributed by atoms with Gasteiger partial charge in [0.15, 0.2) is 5.78 Å². The molecule has 0 spiro atoms. The number of pyridine rings is 2. The quantitative estimate of drug-likeness (QED) is 0.637. The molecule has 1 aliphatic rings. The lowest BCUT2D eigenvalue weighted by molar-refractivity contribution is 0.0994. The van der Waals surface area contributed by atoms with E-state index in [0.29, 0.717) is 24.0 Å². The van der Waals surface area contributed by atoms with Crippen molar-refractivity contribution < 1.29 is 4.79 Å². The van der Waals surface area contributed by atoms with Gasteiger partial charge in [0.05, 0.1) is 11.1 Å². The topological polar surface area (TPSA) is 52.0 Å². The molecule has 0 atom stereocenters. The lowest BCUT2D eigenvalue weighted by Crippen LogP contribution is -2.19. The van der Waals surface area contributed by atoms with Crippen molar-refractivity contribution in [3.8, 4) is 0 Å². The van der Waals surface area contributed by atoms with Gasteiger partial charge in [0.2, 0.25) is 0 Å². The summed E-state index contributed by atoms with van der Waals surface area (Å²) in [5.74, 6) is 0.0470. The molecule has 2 aromatic rings. The van der Waals surface area contributed by atoms with Gasteiger partial charge in [0.1, 0.15) is 0 Å². The Hall–Kier alpha value is -1.97. The van der Waals surface area contributed by atoms with E-state index in [1.807, 2.05) is 0 Å². The van der Waals surface area contributed by atoms with E-state index in [1.54, 1.807) is 24.5 Å². The Morgan fingerprint density at radius 2 is 2.20 bits per heavy atom. The van der Waals surface area contributed by atoms with Crippen LogP contribution < -0.4 is 5.56 Å². The fourth-order valence-corrected chi connectivity index (χ4v) is 1.98. The molecule has 0 radical (unpaired) electrons. The van der Waals surface area contributed by atoms with Crippen LogP contribution in [0, 0.1) is 0 Å². The number of rotatable bonds is 0. The summed E-state index contributed by atoms with van der Waals surface area (Å²) >= 11 is 0. The van der Waals surface area contributed by atoms with Gasteiger partial charge in [-0.1, -0.05) is 0 Å². The number of aromatic nitrogens is 2. The Morgan fingerprint density at radius 1 is 1.33 bits per heavy atom. The summed E-state index contributed by atoms with van der Waals surface area (Å²) < 4.78 is 1.53. The molecular formula is C11H8N2O2. The first-order valence-corrected chi connectivity index (χ1v) is 4.78. The van der Waals surface area contributed by atoms with Crippen molar-refractivity contribution in [3.05, 3.63) is 40.6 Å². The smallest absolute Gasteiger partial charge is 0.260 e. The van der Waals surface area contributed by atoms with Gasteiger partial charge in [-0.25, -0.2) is 0 Å². The Kier molecular flexibility index (Phi) is 1.54. The zero-order valence-electron chi connectivity index (χ0n) is 7.93. The minimum Gasteiger partial charge on any atom is -0.304 e. The van der Waals surface area contributed by atoms with E-state index in [4.69, 9.17) is 0 Å². The van der Waals surface area contributed by atoms with Gasteiger partial charge in [-0.2, -0.15) is 0 Å². The second-order valence-corrected chi connectivity index (χ2v) is 3.62. The van der Waals surface area contributed by atoms with E-state index in [0.717, 1.165) is 5.39 Å². The van der Waals surface area contributed by atoms with Crippen LogP contribution in [0.3, 0.4) is 0 Å². The molecule has 0 N–H and O–H groups in total. The molecule has 0 aromatic carbocycles. The Labute approximate surface area is 85.2 Å². The Balaban J connectivity index is 2.51. The van der Waals surface area contributed by atoms with Gasteiger partial charge in [0, 0.05) is 25.4 Å². The molecule has 0 saturated carbocycles. The van der Waals surface area contributed by atoms with Crippen LogP contribution in [0.25, 0.3) is 10.8 Å². The second kappa shape index (κ2) is 2.76. The number of nitrogens with zero attached hydrogens (tertiary/aromatic N) is 2. The van der Waals surface area contributed by atoms with Crippen molar-refractivity contribution in [1.82, 2.24) is 9.55 Å². The Bertz CT molecular complexity index is 628. The fraction of sp³-hybridized carbons (Fsp3) is 0.182. The summed E-state index contributed by atoms with van der Waals surface area (Å²) in [6.45, 7) is 0.498. The van der Waals surface area contributed by atoms with Gasteiger partial charge in [-0.05, 0) is 17.5 Å². The van der Waals surface area contributed by atoms with Crippen LogP contribution in [0.2, 0.25) is 0 Å². The van der Waals surface area contributed by atoms with Crippen LogP contribution in [0.5, 0.6) is 0 Å². The summed E-state index contributed by atoms with van der Waals surface area (Å²) in [6.07, 6.45) is 3.60. The highest BCUT2D eigenvalue weighted by Crippen LogP contribution is 2.17. The maximum absolute atomic E-state index is 11.9. The number of hydrogen-bond acceptors (Lipinski definition) is 3. The van der Waals surface area contributed by atoms with E-state index < -0.39 is 0 Å². The van der Waals surface area contributed by atoms with E-state index in [1.165, 1.54) is 4.57 Å². The number of carbonyl (C=O) groups is 1. The summed E-state index contributed by atoms with van der Waals surface area (Å²) in [5, 5.41) is 1.37.